The van der Waals surface area contributed by atoms with Crippen molar-refractivity contribution in [3.05, 3.63) is 41.4 Å². The van der Waals surface area contributed by atoms with Gasteiger partial charge >= 0.3 is 7.82 Å². The Kier molecular flexibility index (Phi) is 19.0. The maximum absolute atomic E-state index is 12.4. The summed E-state index contributed by atoms with van der Waals surface area (Å²) in [5.74, 6) is 1.22. The van der Waals surface area contributed by atoms with Gasteiger partial charge in [-0.05, 0) is 29.5 Å². The number of phosphoric ester groups is 1. The Bertz CT molecular complexity index is 809. The maximum atomic E-state index is 12.4. The topological polar surface area (TPSA) is 77.5 Å². The van der Waals surface area contributed by atoms with Crippen LogP contribution in [-0.4, -0.2) is 48.7 Å². The van der Waals surface area contributed by atoms with Crippen LogP contribution in [0.15, 0.2) is 35.9 Å². The van der Waals surface area contributed by atoms with E-state index in [0.717, 1.165) is 30.8 Å². The number of nitrogens with zero attached hydrogens (tertiary/aromatic N) is 1. The molecule has 39 heavy (non-hydrogen) atoms. The molecule has 0 spiro atoms. The van der Waals surface area contributed by atoms with E-state index in [0.29, 0.717) is 19.0 Å². The Morgan fingerprint density at radius 1 is 0.897 bits per heavy atom. The SMILES string of the molecule is CCCCCCCCCCCCCCCCOCC(COP(=O)(O)Oc1ccc(CN2C=CSC2)cc1)OC. The fraction of sp³-hybridized carbons (Fsp3) is 0.733. The zero-order chi connectivity index (χ0) is 28.0. The molecule has 0 aromatic heterocycles. The molecule has 1 aliphatic rings. The van der Waals surface area contributed by atoms with Gasteiger partial charge in [0, 0.05) is 26.5 Å². The molecule has 0 saturated heterocycles. The fourth-order valence-electron chi connectivity index (χ4n) is 4.43. The molecule has 0 bridgehead atoms. The summed E-state index contributed by atoms with van der Waals surface area (Å²) in [5, 5.41) is 2.07. The number of benzene rings is 1. The monoisotopic (exact) mass is 585 g/mol. The zero-order valence-electron chi connectivity index (χ0n) is 24.3. The number of unbranched alkanes of at least 4 members (excludes halogenated alkanes) is 13. The lowest BCUT2D eigenvalue weighted by Crippen LogP contribution is -2.24. The van der Waals surface area contributed by atoms with Gasteiger partial charge in [0.2, 0.25) is 0 Å². The smallest absolute Gasteiger partial charge is 0.404 e. The van der Waals surface area contributed by atoms with E-state index in [4.69, 9.17) is 18.5 Å². The van der Waals surface area contributed by atoms with Crippen LogP contribution in [0.1, 0.15) is 102 Å². The van der Waals surface area contributed by atoms with E-state index in [-0.39, 0.29) is 6.61 Å². The molecule has 1 aromatic rings. The number of thioether (sulfide) groups is 1. The molecule has 0 radical (unpaired) electrons. The van der Waals surface area contributed by atoms with E-state index in [1.165, 1.54) is 77.0 Å². The Labute approximate surface area is 241 Å². The number of methoxy groups -OCH3 is 1. The summed E-state index contributed by atoms with van der Waals surface area (Å²) in [6.07, 6.45) is 20.2. The molecule has 2 rings (SSSR count). The van der Waals surface area contributed by atoms with Gasteiger partial charge in [0.15, 0.2) is 0 Å². The lowest BCUT2D eigenvalue weighted by atomic mass is 10.0. The summed E-state index contributed by atoms with van der Waals surface area (Å²) in [7, 11) is -2.72. The van der Waals surface area contributed by atoms with E-state index in [1.807, 2.05) is 12.1 Å². The highest BCUT2D eigenvalue weighted by molar-refractivity contribution is 8.02. The molecule has 0 amide bonds. The van der Waals surface area contributed by atoms with E-state index in [9.17, 15) is 9.46 Å². The molecule has 1 heterocycles. The van der Waals surface area contributed by atoms with Crippen LogP contribution >= 0.6 is 19.6 Å². The minimum Gasteiger partial charge on any atom is -0.404 e. The molecular weight excluding hydrogens is 533 g/mol. The van der Waals surface area contributed by atoms with Crippen LogP contribution in [0.25, 0.3) is 0 Å². The predicted molar refractivity (Wildman–Crippen MR) is 162 cm³/mol. The summed E-state index contributed by atoms with van der Waals surface area (Å²) < 4.78 is 33.8. The molecule has 1 N–H and O–H groups in total. The number of ether oxygens (including phenoxy) is 2. The summed E-state index contributed by atoms with van der Waals surface area (Å²) in [4.78, 5) is 12.3. The normalized spacial score (nSPS) is 15.5. The second-order valence-electron chi connectivity index (χ2n) is 10.4. The summed E-state index contributed by atoms with van der Waals surface area (Å²) in [6.45, 7) is 3.94. The lowest BCUT2D eigenvalue weighted by molar-refractivity contribution is -0.0197. The third-order valence-electron chi connectivity index (χ3n) is 6.84. The number of hydrogen-bond acceptors (Lipinski definition) is 7. The van der Waals surface area contributed by atoms with Crippen LogP contribution in [0, 0.1) is 0 Å². The molecule has 2 atom stereocenters. The van der Waals surface area contributed by atoms with Gasteiger partial charge < -0.3 is 18.9 Å². The first kappa shape index (κ1) is 34.2. The highest BCUT2D eigenvalue weighted by Crippen LogP contribution is 2.44. The molecule has 0 saturated carbocycles. The molecule has 224 valence electrons. The van der Waals surface area contributed by atoms with E-state index in [2.05, 4.69) is 23.4 Å². The minimum atomic E-state index is -4.26. The Morgan fingerprint density at radius 3 is 2.03 bits per heavy atom. The van der Waals surface area contributed by atoms with Crippen molar-refractivity contribution in [3.63, 3.8) is 0 Å². The fourth-order valence-corrected chi connectivity index (χ4v) is 5.94. The first-order valence-corrected chi connectivity index (χ1v) is 17.5. The van der Waals surface area contributed by atoms with Gasteiger partial charge in [0.1, 0.15) is 11.9 Å². The predicted octanol–water partition coefficient (Wildman–Crippen LogP) is 8.67. The summed E-state index contributed by atoms with van der Waals surface area (Å²) in [5.41, 5.74) is 1.10. The Balaban J connectivity index is 1.45. The standard InChI is InChI=1S/C30H52NO6PS/c1-3-4-5-6-7-8-9-10-11-12-13-14-15-16-22-35-25-30(34-2)26-36-38(32,33)37-29-19-17-28(18-20-29)24-31-21-23-39-27-31/h17-21,23,30H,3-16,22,24-27H2,1-2H3,(H,32,33). The first-order chi connectivity index (χ1) is 19.0. The molecule has 0 aliphatic carbocycles. The average Bonchev–Trinajstić information content (AvgIpc) is 3.44. The van der Waals surface area contributed by atoms with E-state index >= 15 is 0 Å². The summed E-state index contributed by atoms with van der Waals surface area (Å²) in [6, 6.07) is 7.13. The van der Waals surface area contributed by atoms with Crippen LogP contribution in [0.4, 0.5) is 0 Å². The largest absolute Gasteiger partial charge is 0.527 e. The van der Waals surface area contributed by atoms with Crippen LogP contribution in [0.2, 0.25) is 0 Å². The van der Waals surface area contributed by atoms with Crippen molar-refractivity contribution < 1.29 is 28.0 Å². The van der Waals surface area contributed by atoms with E-state index < -0.39 is 13.9 Å². The van der Waals surface area contributed by atoms with Gasteiger partial charge in [-0.1, -0.05) is 103 Å². The van der Waals surface area contributed by atoms with Gasteiger partial charge in [0.25, 0.3) is 0 Å². The van der Waals surface area contributed by atoms with Crippen molar-refractivity contribution in [2.45, 2.75) is 109 Å². The average molecular weight is 586 g/mol. The van der Waals surface area contributed by atoms with Gasteiger partial charge in [-0.3, -0.25) is 9.42 Å². The maximum Gasteiger partial charge on any atom is 0.527 e. The Hall–Kier alpha value is -1.02. The van der Waals surface area contributed by atoms with Crippen molar-refractivity contribution in [1.29, 1.82) is 0 Å². The van der Waals surface area contributed by atoms with Gasteiger partial charge in [-0.25, -0.2) is 4.57 Å². The second kappa shape index (κ2) is 21.7. The van der Waals surface area contributed by atoms with Crippen LogP contribution in [-0.2, 0) is 25.1 Å². The molecular formula is C30H52NO6PS. The van der Waals surface area contributed by atoms with Crippen LogP contribution in [0.3, 0.4) is 0 Å². The van der Waals surface area contributed by atoms with Crippen molar-refractivity contribution in [2.75, 3.05) is 32.8 Å². The number of phosphoric acid groups is 1. The molecule has 2 unspecified atom stereocenters. The van der Waals surface area contributed by atoms with Crippen molar-refractivity contribution in [1.82, 2.24) is 4.90 Å². The zero-order valence-corrected chi connectivity index (χ0v) is 26.0. The Morgan fingerprint density at radius 2 is 1.49 bits per heavy atom. The quantitative estimate of drug-likeness (QED) is 0.0902. The van der Waals surface area contributed by atoms with Crippen LogP contribution < -0.4 is 4.52 Å². The summed E-state index contributed by atoms with van der Waals surface area (Å²) >= 11 is 1.75. The molecule has 9 heteroatoms. The van der Waals surface area contributed by atoms with Crippen LogP contribution in [0.5, 0.6) is 5.75 Å². The number of rotatable bonds is 25. The third kappa shape index (κ3) is 17.4. The minimum absolute atomic E-state index is 0.0833. The third-order valence-corrected chi connectivity index (χ3v) is 8.55. The molecule has 1 aliphatic heterocycles. The molecule has 0 fully saturated rings. The number of hydrogen-bond donors (Lipinski definition) is 1. The highest BCUT2D eigenvalue weighted by atomic mass is 32.2. The van der Waals surface area contributed by atoms with Crippen molar-refractivity contribution >= 4 is 19.6 Å². The van der Waals surface area contributed by atoms with Gasteiger partial charge in [-0.2, -0.15) is 0 Å². The molecule has 7 nitrogen and oxygen atoms in total. The lowest BCUT2D eigenvalue weighted by Gasteiger charge is -2.19. The van der Waals surface area contributed by atoms with E-state index in [1.54, 1.807) is 31.0 Å². The van der Waals surface area contributed by atoms with Crippen molar-refractivity contribution in [3.8, 4) is 5.75 Å². The highest BCUT2D eigenvalue weighted by Gasteiger charge is 2.25. The van der Waals surface area contributed by atoms with Crippen molar-refractivity contribution in [2.24, 2.45) is 0 Å². The van der Waals surface area contributed by atoms with Gasteiger partial charge in [-0.15, -0.1) is 11.8 Å². The van der Waals surface area contributed by atoms with Gasteiger partial charge in [0.05, 0.1) is 19.1 Å². The first-order valence-electron chi connectivity index (χ1n) is 14.9. The molecule has 1 aromatic carbocycles. The second-order valence-corrected chi connectivity index (χ2v) is 12.6.